The number of sulfonamides is 1. The summed E-state index contributed by atoms with van der Waals surface area (Å²) in [4.78, 5) is 22.1. The number of aryl methyl sites for hydroxylation is 1. The van der Waals surface area contributed by atoms with E-state index in [0.717, 1.165) is 13.2 Å². The Kier molecular flexibility index (Phi) is 4.79. The number of carboxylic acids is 1. The molecule has 0 spiro atoms. The zero-order chi connectivity index (χ0) is 16.4. The van der Waals surface area contributed by atoms with Gasteiger partial charge >= 0.3 is 11.9 Å². The minimum Gasteiger partial charge on any atom is -0.481 e. The van der Waals surface area contributed by atoms with Crippen molar-refractivity contribution in [2.75, 3.05) is 7.11 Å². The predicted octanol–water partition coefficient (Wildman–Crippen LogP) is 0.906. The third-order valence-electron chi connectivity index (χ3n) is 2.57. The maximum absolute atomic E-state index is 12.2. The van der Waals surface area contributed by atoms with Gasteiger partial charge in [0.2, 0.25) is 5.09 Å². The van der Waals surface area contributed by atoms with E-state index >= 15 is 0 Å². The number of carboxylic acid groups (broad SMARTS) is 1. The van der Waals surface area contributed by atoms with Gasteiger partial charge in [-0.15, -0.1) is 0 Å². The van der Waals surface area contributed by atoms with Crippen LogP contribution in [0.1, 0.15) is 36.4 Å². The van der Waals surface area contributed by atoms with Gasteiger partial charge in [-0.3, -0.25) is 4.79 Å². The van der Waals surface area contributed by atoms with Crippen molar-refractivity contribution >= 4 is 22.0 Å². The number of methoxy groups -OCH3 is 1. The van der Waals surface area contributed by atoms with Crippen LogP contribution in [0.3, 0.4) is 0 Å². The molecule has 0 aromatic carbocycles. The first-order chi connectivity index (χ1) is 9.48. The molecule has 0 fully saturated rings. The average molecular weight is 319 g/mol. The minimum atomic E-state index is -4.09. The highest BCUT2D eigenvalue weighted by atomic mass is 32.2. The zero-order valence-electron chi connectivity index (χ0n) is 12.1. The van der Waals surface area contributed by atoms with Gasteiger partial charge in [-0.1, -0.05) is 0 Å². The molecule has 21 heavy (non-hydrogen) atoms. The molecular formula is C12H17NO7S. The van der Waals surface area contributed by atoms with Gasteiger partial charge in [0.15, 0.2) is 0 Å². The fraction of sp³-hybridized carbons (Fsp3) is 0.500. The monoisotopic (exact) mass is 319 g/mol. The van der Waals surface area contributed by atoms with Crippen molar-refractivity contribution in [3.63, 3.8) is 0 Å². The molecule has 0 saturated heterocycles. The highest BCUT2D eigenvalue weighted by Gasteiger charge is 2.31. The van der Waals surface area contributed by atoms with Gasteiger partial charge < -0.3 is 14.3 Å². The number of rotatable bonds is 6. The first-order valence-electron chi connectivity index (χ1n) is 5.93. The van der Waals surface area contributed by atoms with Crippen LogP contribution in [0.5, 0.6) is 0 Å². The Morgan fingerprint density at radius 1 is 1.43 bits per heavy atom. The molecule has 0 bridgehead atoms. The van der Waals surface area contributed by atoms with E-state index < -0.39 is 39.0 Å². The molecule has 2 N–H and O–H groups in total. The summed E-state index contributed by atoms with van der Waals surface area (Å²) in [5.74, 6) is -1.77. The van der Waals surface area contributed by atoms with Gasteiger partial charge in [0.05, 0.1) is 13.5 Å². The van der Waals surface area contributed by atoms with Crippen molar-refractivity contribution in [1.29, 1.82) is 0 Å². The van der Waals surface area contributed by atoms with Crippen LogP contribution in [0.2, 0.25) is 0 Å². The summed E-state index contributed by atoms with van der Waals surface area (Å²) in [5.41, 5.74) is -1.22. The first kappa shape index (κ1) is 17.2. The Hall–Kier alpha value is -1.87. The number of aliphatic carboxylic acids is 1. The molecule has 0 unspecified atom stereocenters. The van der Waals surface area contributed by atoms with E-state index in [-0.39, 0.29) is 11.3 Å². The lowest BCUT2D eigenvalue weighted by Crippen LogP contribution is -2.44. The van der Waals surface area contributed by atoms with E-state index in [1.807, 2.05) is 0 Å². The Morgan fingerprint density at radius 3 is 2.48 bits per heavy atom. The molecule has 1 rings (SSSR count). The van der Waals surface area contributed by atoms with Crippen LogP contribution in [-0.4, -0.2) is 38.1 Å². The van der Waals surface area contributed by atoms with Gasteiger partial charge in [-0.05, 0) is 20.8 Å². The highest BCUT2D eigenvalue weighted by molar-refractivity contribution is 7.89. The summed E-state index contributed by atoms with van der Waals surface area (Å²) in [6.07, 6.45) is -0.407. The molecule has 0 aliphatic carbocycles. The first-order valence-corrected chi connectivity index (χ1v) is 7.41. The van der Waals surface area contributed by atoms with Crippen LogP contribution in [-0.2, 0) is 19.6 Å². The third-order valence-corrected chi connectivity index (χ3v) is 4.12. The number of hydrogen-bond donors (Lipinski definition) is 2. The third kappa shape index (κ3) is 4.30. The van der Waals surface area contributed by atoms with Gasteiger partial charge in [0, 0.05) is 11.6 Å². The van der Waals surface area contributed by atoms with E-state index in [1.165, 1.54) is 20.8 Å². The number of carbonyl (C=O) groups excluding carboxylic acids is 1. The van der Waals surface area contributed by atoms with Gasteiger partial charge in [-0.25, -0.2) is 17.9 Å². The van der Waals surface area contributed by atoms with Crippen molar-refractivity contribution in [3.05, 3.63) is 17.4 Å². The quantitative estimate of drug-likeness (QED) is 0.747. The number of nitrogens with one attached hydrogen (secondary N) is 1. The fourth-order valence-electron chi connectivity index (χ4n) is 1.73. The van der Waals surface area contributed by atoms with Crippen molar-refractivity contribution in [2.45, 2.75) is 37.8 Å². The lowest BCUT2D eigenvalue weighted by Gasteiger charge is -2.22. The Morgan fingerprint density at radius 2 is 2.00 bits per heavy atom. The van der Waals surface area contributed by atoms with Crippen LogP contribution in [0.25, 0.3) is 0 Å². The second kappa shape index (κ2) is 5.86. The maximum atomic E-state index is 12.2. The van der Waals surface area contributed by atoms with Crippen molar-refractivity contribution in [3.8, 4) is 0 Å². The smallest absolute Gasteiger partial charge is 0.341 e. The molecule has 8 nitrogen and oxygen atoms in total. The summed E-state index contributed by atoms with van der Waals surface area (Å²) >= 11 is 0. The normalized spacial score (nSPS) is 12.2. The SMILES string of the molecule is COC(=O)c1cc(S(=O)(=O)NC(C)(C)CC(=O)O)oc1C. The van der Waals surface area contributed by atoms with E-state index in [1.54, 1.807) is 0 Å². The molecule has 1 aromatic rings. The molecule has 0 saturated carbocycles. The average Bonchev–Trinajstić information content (AvgIpc) is 2.67. The standard InChI is InChI=1S/C12H17NO7S/c1-7-8(11(16)19-4)5-10(20-7)21(17,18)13-12(2,3)6-9(14)15/h5,13H,6H2,1-4H3,(H,14,15). The minimum absolute atomic E-state index is 0.00563. The molecule has 0 aliphatic rings. The topological polar surface area (TPSA) is 123 Å². The van der Waals surface area contributed by atoms with Crippen LogP contribution in [0, 0.1) is 6.92 Å². The van der Waals surface area contributed by atoms with Crippen LogP contribution in [0.4, 0.5) is 0 Å². The molecule has 0 atom stereocenters. The largest absolute Gasteiger partial charge is 0.481 e. The molecule has 1 aromatic heterocycles. The van der Waals surface area contributed by atoms with Crippen molar-refractivity contribution < 1.29 is 32.3 Å². The Balaban J connectivity index is 3.09. The van der Waals surface area contributed by atoms with Crippen LogP contribution < -0.4 is 4.72 Å². The number of ether oxygens (including phenoxy) is 1. The van der Waals surface area contributed by atoms with Crippen molar-refractivity contribution in [2.24, 2.45) is 0 Å². The molecule has 0 amide bonds. The van der Waals surface area contributed by atoms with Crippen molar-refractivity contribution in [1.82, 2.24) is 4.72 Å². The van der Waals surface area contributed by atoms with Gasteiger partial charge in [0.1, 0.15) is 11.3 Å². The molecule has 0 radical (unpaired) electrons. The Labute approximate surface area is 122 Å². The maximum Gasteiger partial charge on any atom is 0.341 e. The number of esters is 1. The van der Waals surface area contributed by atoms with Crippen LogP contribution >= 0.6 is 0 Å². The molecular weight excluding hydrogens is 302 g/mol. The molecule has 0 aliphatic heterocycles. The summed E-state index contributed by atoms with van der Waals surface area (Å²) in [6, 6.07) is 1.04. The summed E-state index contributed by atoms with van der Waals surface area (Å²) in [5, 5.41) is 8.28. The molecule has 9 heteroatoms. The summed E-state index contributed by atoms with van der Waals surface area (Å²) in [7, 11) is -2.93. The summed E-state index contributed by atoms with van der Waals surface area (Å²) < 4.78 is 36.1. The zero-order valence-corrected chi connectivity index (χ0v) is 12.9. The highest BCUT2D eigenvalue weighted by Crippen LogP contribution is 2.22. The van der Waals surface area contributed by atoms with E-state index in [2.05, 4.69) is 9.46 Å². The number of carbonyl (C=O) groups is 2. The van der Waals surface area contributed by atoms with E-state index in [4.69, 9.17) is 9.52 Å². The second-order valence-corrected chi connectivity index (χ2v) is 6.70. The summed E-state index contributed by atoms with van der Waals surface area (Å²) in [6.45, 7) is 4.28. The van der Waals surface area contributed by atoms with Gasteiger partial charge in [-0.2, -0.15) is 0 Å². The van der Waals surface area contributed by atoms with Crippen LogP contribution in [0.15, 0.2) is 15.6 Å². The lowest BCUT2D eigenvalue weighted by atomic mass is 10.0. The molecule has 1 heterocycles. The predicted molar refractivity (Wildman–Crippen MR) is 71.4 cm³/mol. The lowest BCUT2D eigenvalue weighted by molar-refractivity contribution is -0.138. The molecule has 118 valence electrons. The second-order valence-electron chi connectivity index (χ2n) is 5.09. The fourth-order valence-corrected chi connectivity index (χ4v) is 3.14. The Bertz CT molecular complexity index is 657. The van der Waals surface area contributed by atoms with E-state index in [0.29, 0.717) is 0 Å². The van der Waals surface area contributed by atoms with E-state index in [9.17, 15) is 18.0 Å². The number of furan rings is 1. The van der Waals surface area contributed by atoms with Gasteiger partial charge in [0.25, 0.3) is 10.0 Å². The number of hydrogen-bond acceptors (Lipinski definition) is 6.